The Kier molecular flexibility index (Phi) is 3.28. The van der Waals surface area contributed by atoms with E-state index in [-0.39, 0.29) is 6.61 Å². The summed E-state index contributed by atoms with van der Waals surface area (Å²) in [4.78, 5) is 10.5. The molecule has 3 nitrogen and oxygen atoms in total. The zero-order valence-corrected chi connectivity index (χ0v) is 9.64. The van der Waals surface area contributed by atoms with Crippen molar-refractivity contribution in [1.29, 1.82) is 0 Å². The van der Waals surface area contributed by atoms with Gasteiger partial charge in [0.25, 0.3) is 0 Å². The minimum atomic E-state index is -0.964. The van der Waals surface area contributed by atoms with Crippen LogP contribution in [0.3, 0.4) is 0 Å². The SMILES string of the molecule is CCc1cccc2c(OCC(=O)O)cccc12. The molecular weight excluding hydrogens is 216 g/mol. The zero-order valence-electron chi connectivity index (χ0n) is 9.64. The van der Waals surface area contributed by atoms with Crippen LogP contribution in [0.25, 0.3) is 10.8 Å². The molecule has 2 aromatic rings. The van der Waals surface area contributed by atoms with Gasteiger partial charge in [-0.05, 0) is 23.4 Å². The Balaban J connectivity index is 2.46. The Morgan fingerprint density at radius 3 is 2.59 bits per heavy atom. The van der Waals surface area contributed by atoms with Crippen molar-refractivity contribution in [2.24, 2.45) is 0 Å². The number of carboxylic acid groups (broad SMARTS) is 1. The van der Waals surface area contributed by atoms with Crippen LogP contribution in [0.2, 0.25) is 0 Å². The van der Waals surface area contributed by atoms with Crippen molar-refractivity contribution in [2.75, 3.05) is 6.61 Å². The first-order chi connectivity index (χ1) is 8.22. The number of carboxylic acids is 1. The summed E-state index contributed by atoms with van der Waals surface area (Å²) in [5.41, 5.74) is 1.24. The van der Waals surface area contributed by atoms with E-state index in [0.29, 0.717) is 5.75 Å². The second-order valence-corrected chi connectivity index (χ2v) is 3.80. The van der Waals surface area contributed by atoms with E-state index in [2.05, 4.69) is 13.0 Å². The number of aliphatic carboxylic acids is 1. The molecule has 0 fully saturated rings. The quantitative estimate of drug-likeness (QED) is 0.878. The van der Waals surface area contributed by atoms with Gasteiger partial charge in [0.15, 0.2) is 6.61 Å². The van der Waals surface area contributed by atoms with E-state index in [1.165, 1.54) is 5.56 Å². The summed E-state index contributed by atoms with van der Waals surface area (Å²) in [7, 11) is 0. The van der Waals surface area contributed by atoms with E-state index in [0.717, 1.165) is 17.2 Å². The van der Waals surface area contributed by atoms with E-state index in [1.807, 2.05) is 24.3 Å². The number of carbonyl (C=O) groups is 1. The molecule has 0 atom stereocenters. The van der Waals surface area contributed by atoms with E-state index < -0.39 is 5.97 Å². The van der Waals surface area contributed by atoms with E-state index >= 15 is 0 Å². The maximum Gasteiger partial charge on any atom is 0.341 e. The van der Waals surface area contributed by atoms with Crippen LogP contribution in [0.1, 0.15) is 12.5 Å². The fourth-order valence-corrected chi connectivity index (χ4v) is 1.92. The van der Waals surface area contributed by atoms with Crippen LogP contribution in [0.4, 0.5) is 0 Å². The number of aryl methyl sites for hydroxylation is 1. The van der Waals surface area contributed by atoms with Gasteiger partial charge in [-0.1, -0.05) is 37.3 Å². The molecule has 3 heteroatoms. The maximum atomic E-state index is 10.5. The Morgan fingerprint density at radius 2 is 1.88 bits per heavy atom. The van der Waals surface area contributed by atoms with Crippen LogP contribution in [-0.2, 0) is 11.2 Å². The van der Waals surface area contributed by atoms with Gasteiger partial charge in [0.1, 0.15) is 5.75 Å². The fraction of sp³-hybridized carbons (Fsp3) is 0.214. The number of benzene rings is 2. The molecule has 0 bridgehead atoms. The number of hydrogen-bond acceptors (Lipinski definition) is 2. The minimum absolute atomic E-state index is 0.310. The van der Waals surface area contributed by atoms with Crippen molar-refractivity contribution in [2.45, 2.75) is 13.3 Å². The molecule has 0 aliphatic rings. The van der Waals surface area contributed by atoms with Crippen LogP contribution in [-0.4, -0.2) is 17.7 Å². The molecule has 0 spiro atoms. The average Bonchev–Trinajstić information content (AvgIpc) is 2.35. The lowest BCUT2D eigenvalue weighted by atomic mass is 10.0. The van der Waals surface area contributed by atoms with Crippen LogP contribution in [0.5, 0.6) is 5.75 Å². The Bertz CT molecular complexity index is 546. The third-order valence-electron chi connectivity index (χ3n) is 2.70. The molecule has 0 heterocycles. The van der Waals surface area contributed by atoms with Crippen LogP contribution >= 0.6 is 0 Å². The normalized spacial score (nSPS) is 10.4. The Labute approximate surface area is 99.6 Å². The van der Waals surface area contributed by atoms with Crippen molar-refractivity contribution < 1.29 is 14.6 Å². The third-order valence-corrected chi connectivity index (χ3v) is 2.70. The smallest absolute Gasteiger partial charge is 0.341 e. The summed E-state index contributed by atoms with van der Waals surface area (Å²) < 4.78 is 5.28. The van der Waals surface area contributed by atoms with Gasteiger partial charge in [-0.25, -0.2) is 4.79 Å². The fourth-order valence-electron chi connectivity index (χ4n) is 1.92. The van der Waals surface area contributed by atoms with Crippen LogP contribution in [0.15, 0.2) is 36.4 Å². The lowest BCUT2D eigenvalue weighted by Crippen LogP contribution is -2.09. The van der Waals surface area contributed by atoms with Crippen molar-refractivity contribution >= 4 is 16.7 Å². The molecule has 0 aliphatic heterocycles. The van der Waals surface area contributed by atoms with Gasteiger partial charge in [0, 0.05) is 5.39 Å². The van der Waals surface area contributed by atoms with Gasteiger partial charge in [0.05, 0.1) is 0 Å². The van der Waals surface area contributed by atoms with Crippen LogP contribution in [0, 0.1) is 0 Å². The predicted molar refractivity (Wildman–Crippen MR) is 66.5 cm³/mol. The lowest BCUT2D eigenvalue weighted by Gasteiger charge is -2.09. The van der Waals surface area contributed by atoms with Gasteiger partial charge >= 0.3 is 5.97 Å². The first-order valence-corrected chi connectivity index (χ1v) is 5.57. The highest BCUT2D eigenvalue weighted by Crippen LogP contribution is 2.28. The number of fused-ring (bicyclic) bond motifs is 1. The summed E-state index contributed by atoms with van der Waals surface area (Å²) in [6.45, 7) is 1.79. The van der Waals surface area contributed by atoms with E-state index in [4.69, 9.17) is 9.84 Å². The minimum Gasteiger partial charge on any atom is -0.481 e. The van der Waals surface area contributed by atoms with Gasteiger partial charge in [0.2, 0.25) is 0 Å². The molecule has 0 unspecified atom stereocenters. The summed E-state index contributed by atoms with van der Waals surface area (Å²) in [5, 5.41) is 10.7. The molecule has 2 rings (SSSR count). The number of rotatable bonds is 4. The molecule has 0 saturated heterocycles. The monoisotopic (exact) mass is 230 g/mol. The van der Waals surface area contributed by atoms with Gasteiger partial charge in [-0.15, -0.1) is 0 Å². The summed E-state index contributed by atoms with van der Waals surface area (Å²) in [6, 6.07) is 11.7. The van der Waals surface area contributed by atoms with Gasteiger partial charge < -0.3 is 9.84 Å². The highest BCUT2D eigenvalue weighted by molar-refractivity contribution is 5.91. The molecule has 1 N–H and O–H groups in total. The maximum absolute atomic E-state index is 10.5. The topological polar surface area (TPSA) is 46.5 Å². The molecule has 2 aromatic carbocycles. The highest BCUT2D eigenvalue weighted by atomic mass is 16.5. The molecule has 0 saturated carbocycles. The number of ether oxygens (including phenoxy) is 1. The Hall–Kier alpha value is -2.03. The third kappa shape index (κ3) is 2.38. The molecule has 88 valence electrons. The summed E-state index contributed by atoms with van der Waals surface area (Å²) in [5.74, 6) is -0.339. The largest absolute Gasteiger partial charge is 0.481 e. The highest BCUT2D eigenvalue weighted by Gasteiger charge is 2.06. The molecule has 17 heavy (non-hydrogen) atoms. The zero-order chi connectivity index (χ0) is 12.3. The second kappa shape index (κ2) is 4.87. The second-order valence-electron chi connectivity index (χ2n) is 3.80. The molecular formula is C14H14O3. The average molecular weight is 230 g/mol. The van der Waals surface area contributed by atoms with Crippen LogP contribution < -0.4 is 4.74 Å². The lowest BCUT2D eigenvalue weighted by molar-refractivity contribution is -0.139. The van der Waals surface area contributed by atoms with Gasteiger partial charge in [-0.2, -0.15) is 0 Å². The first kappa shape index (κ1) is 11.5. The summed E-state index contributed by atoms with van der Waals surface area (Å²) in [6.07, 6.45) is 0.944. The molecule has 0 radical (unpaired) electrons. The van der Waals surface area contributed by atoms with Crippen molar-refractivity contribution in [3.8, 4) is 5.75 Å². The van der Waals surface area contributed by atoms with Crippen molar-refractivity contribution in [3.63, 3.8) is 0 Å². The predicted octanol–water partition coefficient (Wildman–Crippen LogP) is 2.87. The van der Waals surface area contributed by atoms with E-state index in [1.54, 1.807) is 6.07 Å². The molecule has 0 amide bonds. The van der Waals surface area contributed by atoms with Crippen molar-refractivity contribution in [1.82, 2.24) is 0 Å². The molecule has 0 aromatic heterocycles. The van der Waals surface area contributed by atoms with E-state index in [9.17, 15) is 4.79 Å². The number of hydrogen-bond donors (Lipinski definition) is 1. The molecule has 0 aliphatic carbocycles. The Morgan fingerprint density at radius 1 is 1.18 bits per heavy atom. The first-order valence-electron chi connectivity index (χ1n) is 5.57. The van der Waals surface area contributed by atoms with Gasteiger partial charge in [-0.3, -0.25) is 0 Å². The summed E-state index contributed by atoms with van der Waals surface area (Å²) >= 11 is 0. The standard InChI is InChI=1S/C14H14O3/c1-2-10-5-3-7-12-11(10)6-4-8-13(12)17-9-14(15)16/h3-8H,2,9H2,1H3,(H,15,16). The van der Waals surface area contributed by atoms with Crippen molar-refractivity contribution in [3.05, 3.63) is 42.0 Å².